The maximum atomic E-state index is 13.0. The van der Waals surface area contributed by atoms with Crippen LogP contribution in [0.5, 0.6) is 0 Å². The highest BCUT2D eigenvalue weighted by molar-refractivity contribution is 6.31. The molecule has 2 saturated heterocycles. The van der Waals surface area contributed by atoms with E-state index in [1.54, 1.807) is 6.92 Å². The van der Waals surface area contributed by atoms with Crippen molar-refractivity contribution in [3.8, 4) is 0 Å². The second-order valence-electron chi connectivity index (χ2n) is 8.30. The summed E-state index contributed by atoms with van der Waals surface area (Å²) in [6.45, 7) is 9.64. The number of amides is 2. The fourth-order valence-corrected chi connectivity index (χ4v) is 4.53. The first-order valence-electron chi connectivity index (χ1n) is 9.77. The Morgan fingerprint density at radius 2 is 2.07 bits per heavy atom. The summed E-state index contributed by atoms with van der Waals surface area (Å²) < 4.78 is 0. The lowest BCUT2D eigenvalue weighted by molar-refractivity contribution is -0.137. The fraction of sp³-hybridized carbons (Fsp3) is 0.571. The minimum Gasteiger partial charge on any atom is -0.365 e. The average Bonchev–Trinajstić information content (AvgIpc) is 2.88. The molecule has 6 nitrogen and oxygen atoms in total. The van der Waals surface area contributed by atoms with Gasteiger partial charge in [0.15, 0.2) is 5.78 Å². The molecule has 28 heavy (non-hydrogen) atoms. The van der Waals surface area contributed by atoms with Crippen LogP contribution in [0.15, 0.2) is 18.2 Å². The second-order valence-corrected chi connectivity index (χ2v) is 8.70. The summed E-state index contributed by atoms with van der Waals surface area (Å²) >= 11 is 6.27. The van der Waals surface area contributed by atoms with Gasteiger partial charge in [0.2, 0.25) is 11.8 Å². The fourth-order valence-electron chi connectivity index (χ4n) is 4.36. The van der Waals surface area contributed by atoms with Crippen LogP contribution in [-0.4, -0.2) is 53.7 Å². The van der Waals surface area contributed by atoms with Crippen molar-refractivity contribution in [3.05, 3.63) is 28.8 Å². The molecule has 152 valence electrons. The molecule has 0 radical (unpaired) electrons. The van der Waals surface area contributed by atoms with Crippen LogP contribution in [0.3, 0.4) is 0 Å². The zero-order chi connectivity index (χ0) is 20.6. The number of piperazine rings is 1. The van der Waals surface area contributed by atoms with E-state index < -0.39 is 5.54 Å². The van der Waals surface area contributed by atoms with Crippen molar-refractivity contribution in [1.29, 1.82) is 0 Å². The summed E-state index contributed by atoms with van der Waals surface area (Å²) in [7, 11) is 0. The first-order valence-corrected chi connectivity index (χ1v) is 10.1. The molecule has 2 fully saturated rings. The molecule has 0 aliphatic carbocycles. The highest BCUT2D eigenvalue weighted by atomic mass is 35.5. The number of ketones is 1. The lowest BCUT2D eigenvalue weighted by Crippen LogP contribution is -2.56. The molecule has 0 saturated carbocycles. The number of anilines is 1. The van der Waals surface area contributed by atoms with Crippen molar-refractivity contribution < 1.29 is 14.4 Å². The molecular weight excluding hydrogens is 378 g/mol. The van der Waals surface area contributed by atoms with Gasteiger partial charge in [-0.25, -0.2) is 0 Å². The largest absolute Gasteiger partial charge is 0.365 e. The van der Waals surface area contributed by atoms with Gasteiger partial charge in [-0.05, 0) is 44.9 Å². The van der Waals surface area contributed by atoms with E-state index in [-0.39, 0.29) is 36.0 Å². The van der Waals surface area contributed by atoms with Crippen LogP contribution in [0.4, 0.5) is 5.69 Å². The van der Waals surface area contributed by atoms with E-state index in [0.29, 0.717) is 19.5 Å². The molecule has 2 aliphatic rings. The lowest BCUT2D eigenvalue weighted by atomic mass is 9.87. The van der Waals surface area contributed by atoms with Crippen molar-refractivity contribution in [2.75, 3.05) is 24.5 Å². The predicted molar refractivity (Wildman–Crippen MR) is 110 cm³/mol. The van der Waals surface area contributed by atoms with E-state index in [1.165, 1.54) is 0 Å². The number of rotatable bonds is 4. The minimum atomic E-state index is -0.933. The Balaban J connectivity index is 1.65. The van der Waals surface area contributed by atoms with Gasteiger partial charge in [0, 0.05) is 42.3 Å². The molecule has 1 aromatic carbocycles. The topological polar surface area (TPSA) is 69.7 Å². The Bertz CT molecular complexity index is 812. The zero-order valence-electron chi connectivity index (χ0n) is 16.9. The quantitative estimate of drug-likeness (QED) is 0.781. The number of carbonyl (C=O) groups excluding carboxylic acids is 3. The van der Waals surface area contributed by atoms with Gasteiger partial charge in [0.1, 0.15) is 0 Å². The smallest absolute Gasteiger partial charge is 0.228 e. The molecule has 0 aromatic heterocycles. The van der Waals surface area contributed by atoms with Crippen molar-refractivity contribution in [1.82, 2.24) is 10.2 Å². The van der Waals surface area contributed by atoms with Crippen molar-refractivity contribution in [2.24, 2.45) is 5.92 Å². The number of nitrogens with zero attached hydrogens (tertiary/aromatic N) is 2. The number of hydrogen-bond acceptors (Lipinski definition) is 4. The second kappa shape index (κ2) is 7.74. The van der Waals surface area contributed by atoms with Gasteiger partial charge in [-0.2, -0.15) is 0 Å². The summed E-state index contributed by atoms with van der Waals surface area (Å²) in [5, 5.41) is 3.48. The normalized spacial score (nSPS) is 26.4. The van der Waals surface area contributed by atoms with E-state index >= 15 is 0 Å². The average molecular weight is 406 g/mol. The molecule has 3 rings (SSSR count). The van der Waals surface area contributed by atoms with Crippen molar-refractivity contribution >= 4 is 34.9 Å². The molecule has 1 N–H and O–H groups in total. The predicted octanol–water partition coefficient (Wildman–Crippen LogP) is 2.56. The molecule has 2 amide bonds. The van der Waals surface area contributed by atoms with Crippen LogP contribution in [0, 0.1) is 12.8 Å². The Morgan fingerprint density at radius 1 is 1.36 bits per heavy atom. The molecule has 1 aromatic rings. The number of benzene rings is 1. The van der Waals surface area contributed by atoms with Crippen LogP contribution < -0.4 is 10.2 Å². The van der Waals surface area contributed by atoms with Crippen LogP contribution >= 0.6 is 11.6 Å². The van der Waals surface area contributed by atoms with E-state index in [9.17, 15) is 14.4 Å². The van der Waals surface area contributed by atoms with Gasteiger partial charge < -0.3 is 15.1 Å². The van der Waals surface area contributed by atoms with Crippen molar-refractivity contribution in [3.63, 3.8) is 0 Å². The Labute approximate surface area is 171 Å². The molecule has 7 heteroatoms. The van der Waals surface area contributed by atoms with Gasteiger partial charge in [-0.15, -0.1) is 0 Å². The Morgan fingerprint density at radius 3 is 2.68 bits per heavy atom. The molecule has 0 bridgehead atoms. The van der Waals surface area contributed by atoms with Crippen LogP contribution in [0.2, 0.25) is 5.02 Å². The molecule has 0 spiro atoms. The third-order valence-corrected chi connectivity index (χ3v) is 6.39. The Hall–Kier alpha value is -2.08. The summed E-state index contributed by atoms with van der Waals surface area (Å²) in [6, 6.07) is 6.05. The number of Topliss-reactive ketones (excluding diaryl/α,β-unsaturated/α-hetero) is 1. The molecule has 0 unspecified atom stereocenters. The highest BCUT2D eigenvalue weighted by Crippen LogP contribution is 2.30. The first kappa shape index (κ1) is 20.6. The van der Waals surface area contributed by atoms with E-state index in [0.717, 1.165) is 22.8 Å². The Kier molecular flexibility index (Phi) is 5.71. The minimum absolute atomic E-state index is 0.0319. The zero-order valence-corrected chi connectivity index (χ0v) is 17.7. The molecular formula is C21H28ClN3O3. The third kappa shape index (κ3) is 3.88. The van der Waals surface area contributed by atoms with Gasteiger partial charge in [0.05, 0.1) is 12.0 Å². The molecule has 2 aliphatic heterocycles. The monoisotopic (exact) mass is 405 g/mol. The molecule has 3 atom stereocenters. The summed E-state index contributed by atoms with van der Waals surface area (Å²) in [5.74, 6) is -0.693. The van der Waals surface area contributed by atoms with E-state index in [1.807, 2.05) is 30.9 Å². The van der Waals surface area contributed by atoms with E-state index in [2.05, 4.69) is 23.2 Å². The first-order chi connectivity index (χ1) is 13.1. The highest BCUT2D eigenvalue weighted by Gasteiger charge is 2.44. The maximum Gasteiger partial charge on any atom is 0.228 e. The standard InChI is InChI=1S/C21H28ClN3O3/c1-13(11-21(4)18(26)10-19(27)23-21)20(28)24-8-9-25(14(2)12-24)17-7-5-6-16(22)15(17)3/h5-7,13-14H,8-12H2,1-4H3,(H,23,27)/t13-,14+,21+/m1/s1. The number of halogens is 1. The van der Waals surface area contributed by atoms with Gasteiger partial charge in [-0.3, -0.25) is 14.4 Å². The van der Waals surface area contributed by atoms with Gasteiger partial charge in [-0.1, -0.05) is 24.6 Å². The van der Waals surface area contributed by atoms with Gasteiger partial charge >= 0.3 is 0 Å². The van der Waals surface area contributed by atoms with Crippen LogP contribution in [0.25, 0.3) is 0 Å². The van der Waals surface area contributed by atoms with Gasteiger partial charge in [0.25, 0.3) is 0 Å². The SMILES string of the molecule is Cc1c(Cl)cccc1N1CCN(C(=O)[C@H](C)C[C@]2(C)NC(=O)CC2=O)C[C@@H]1C. The van der Waals surface area contributed by atoms with Crippen LogP contribution in [0.1, 0.15) is 39.2 Å². The van der Waals surface area contributed by atoms with E-state index in [4.69, 9.17) is 11.6 Å². The summed E-state index contributed by atoms with van der Waals surface area (Å²) in [4.78, 5) is 40.8. The summed E-state index contributed by atoms with van der Waals surface area (Å²) in [5.41, 5.74) is 1.22. The van der Waals surface area contributed by atoms with Crippen LogP contribution in [-0.2, 0) is 14.4 Å². The molecule has 2 heterocycles. The summed E-state index contributed by atoms with van der Waals surface area (Å²) in [6.07, 6.45) is 0.241. The maximum absolute atomic E-state index is 13.0. The lowest BCUT2D eigenvalue weighted by Gasteiger charge is -2.43. The van der Waals surface area contributed by atoms with Crippen molar-refractivity contribution in [2.45, 2.75) is 52.1 Å². The third-order valence-electron chi connectivity index (χ3n) is 5.98. The number of nitrogens with one attached hydrogen (secondary N) is 1. The number of carbonyl (C=O) groups is 3. The number of hydrogen-bond donors (Lipinski definition) is 1.